The van der Waals surface area contributed by atoms with Crippen molar-refractivity contribution in [3.05, 3.63) is 46.9 Å². The van der Waals surface area contributed by atoms with Gasteiger partial charge in [0.25, 0.3) is 0 Å². The number of nitrogens with zero attached hydrogens (tertiary/aromatic N) is 3. The molecule has 0 spiro atoms. The highest BCUT2D eigenvalue weighted by Gasteiger charge is 2.14. The van der Waals surface area contributed by atoms with Gasteiger partial charge < -0.3 is 9.51 Å². The van der Waals surface area contributed by atoms with E-state index in [0.717, 1.165) is 15.7 Å². The van der Waals surface area contributed by atoms with Crippen LogP contribution in [0.2, 0.25) is 0 Å². The number of aromatic carboxylic acids is 1. The van der Waals surface area contributed by atoms with Gasteiger partial charge in [0, 0.05) is 18.1 Å². The standard InChI is InChI=1S/C13H11N3O2S2/c1-8-11(12(17)18)20-13(14-8)19-7-9-6-16-5-3-2-4-10(16)15-9/h2-6H,7H2,1H3,(H,17,18). The molecule has 1 N–H and O–H groups in total. The molecule has 3 rings (SSSR count). The lowest BCUT2D eigenvalue weighted by Gasteiger charge is -1.92. The van der Waals surface area contributed by atoms with Crippen LogP contribution in [-0.2, 0) is 5.75 Å². The fourth-order valence-corrected chi connectivity index (χ4v) is 3.74. The molecule has 0 saturated heterocycles. The Morgan fingerprint density at radius 1 is 1.45 bits per heavy atom. The van der Waals surface area contributed by atoms with Crippen molar-refractivity contribution in [1.82, 2.24) is 14.4 Å². The Bertz CT molecular complexity index is 746. The van der Waals surface area contributed by atoms with Crippen molar-refractivity contribution < 1.29 is 9.90 Å². The molecular weight excluding hydrogens is 294 g/mol. The maximum atomic E-state index is 11.0. The van der Waals surface area contributed by atoms with E-state index in [2.05, 4.69) is 9.97 Å². The number of carboxylic acids is 1. The molecule has 0 unspecified atom stereocenters. The minimum Gasteiger partial charge on any atom is -0.477 e. The van der Waals surface area contributed by atoms with Crippen molar-refractivity contribution in [2.24, 2.45) is 0 Å². The van der Waals surface area contributed by atoms with Crippen LogP contribution in [0.4, 0.5) is 0 Å². The molecule has 0 radical (unpaired) electrons. The maximum Gasteiger partial charge on any atom is 0.347 e. The molecule has 102 valence electrons. The quantitative estimate of drug-likeness (QED) is 0.750. The third-order valence-electron chi connectivity index (χ3n) is 2.73. The zero-order valence-electron chi connectivity index (χ0n) is 10.6. The molecule has 0 amide bonds. The molecular formula is C13H11N3O2S2. The van der Waals surface area contributed by atoms with Crippen molar-refractivity contribution in [3.8, 4) is 0 Å². The van der Waals surface area contributed by atoms with Crippen LogP contribution in [-0.4, -0.2) is 25.4 Å². The first kappa shape index (κ1) is 13.1. The number of thioether (sulfide) groups is 1. The predicted molar refractivity (Wildman–Crippen MR) is 78.6 cm³/mol. The van der Waals surface area contributed by atoms with Gasteiger partial charge in [0.05, 0.1) is 11.4 Å². The van der Waals surface area contributed by atoms with E-state index in [1.807, 2.05) is 35.0 Å². The van der Waals surface area contributed by atoms with Gasteiger partial charge >= 0.3 is 5.97 Å². The molecule has 0 bridgehead atoms. The van der Waals surface area contributed by atoms with Crippen LogP contribution in [0.1, 0.15) is 21.1 Å². The highest BCUT2D eigenvalue weighted by Crippen LogP contribution is 2.29. The second-order valence-electron chi connectivity index (χ2n) is 4.19. The van der Waals surface area contributed by atoms with E-state index in [4.69, 9.17) is 5.11 Å². The van der Waals surface area contributed by atoms with Gasteiger partial charge in [-0.15, -0.1) is 11.3 Å². The van der Waals surface area contributed by atoms with Crippen LogP contribution < -0.4 is 0 Å². The van der Waals surface area contributed by atoms with Gasteiger partial charge in [-0.05, 0) is 19.1 Å². The Morgan fingerprint density at radius 3 is 3.00 bits per heavy atom. The summed E-state index contributed by atoms with van der Waals surface area (Å²) in [5, 5.41) is 9.00. The normalized spacial score (nSPS) is 11.1. The number of aromatic nitrogens is 3. The Labute approximate surface area is 123 Å². The second kappa shape index (κ2) is 5.26. The summed E-state index contributed by atoms with van der Waals surface area (Å²) < 4.78 is 2.73. The second-order valence-corrected chi connectivity index (χ2v) is 6.41. The number of hydrogen-bond acceptors (Lipinski definition) is 5. The van der Waals surface area contributed by atoms with Gasteiger partial charge in [-0.2, -0.15) is 0 Å². The zero-order valence-corrected chi connectivity index (χ0v) is 12.2. The van der Waals surface area contributed by atoms with E-state index in [1.54, 1.807) is 6.92 Å². The first-order valence-corrected chi connectivity index (χ1v) is 7.70. The number of thiazole rings is 1. The molecule has 0 saturated carbocycles. The van der Waals surface area contributed by atoms with Crippen LogP contribution >= 0.6 is 23.1 Å². The van der Waals surface area contributed by atoms with E-state index in [-0.39, 0.29) is 0 Å². The summed E-state index contributed by atoms with van der Waals surface area (Å²) in [5.41, 5.74) is 2.43. The Hall–Kier alpha value is -1.86. The van der Waals surface area contributed by atoms with Crippen molar-refractivity contribution in [2.45, 2.75) is 17.0 Å². The Balaban J connectivity index is 1.76. The summed E-state index contributed by atoms with van der Waals surface area (Å²) in [4.78, 5) is 20.0. The van der Waals surface area contributed by atoms with E-state index in [9.17, 15) is 4.79 Å². The number of carbonyl (C=O) groups is 1. The van der Waals surface area contributed by atoms with Crippen LogP contribution in [0.15, 0.2) is 34.9 Å². The minimum atomic E-state index is -0.917. The lowest BCUT2D eigenvalue weighted by molar-refractivity contribution is 0.0701. The number of carboxylic acid groups (broad SMARTS) is 1. The predicted octanol–water partition coefficient (Wildman–Crippen LogP) is 3.09. The van der Waals surface area contributed by atoms with Crippen LogP contribution in [0.5, 0.6) is 0 Å². The number of imidazole rings is 1. The molecule has 0 atom stereocenters. The van der Waals surface area contributed by atoms with E-state index >= 15 is 0 Å². The summed E-state index contributed by atoms with van der Waals surface area (Å²) in [5.74, 6) is -0.243. The van der Waals surface area contributed by atoms with E-state index < -0.39 is 5.97 Å². The zero-order chi connectivity index (χ0) is 14.1. The monoisotopic (exact) mass is 305 g/mol. The van der Waals surface area contributed by atoms with Gasteiger partial charge in [-0.25, -0.2) is 14.8 Å². The average molecular weight is 305 g/mol. The Kier molecular flexibility index (Phi) is 3.45. The smallest absolute Gasteiger partial charge is 0.347 e. The molecule has 0 aliphatic rings. The molecule has 7 heteroatoms. The van der Waals surface area contributed by atoms with Crippen LogP contribution in [0.3, 0.4) is 0 Å². The summed E-state index contributed by atoms with van der Waals surface area (Å²) in [6.07, 6.45) is 3.92. The summed E-state index contributed by atoms with van der Waals surface area (Å²) in [6, 6.07) is 5.85. The number of pyridine rings is 1. The maximum absolute atomic E-state index is 11.0. The van der Waals surface area contributed by atoms with Crippen LogP contribution in [0, 0.1) is 6.92 Å². The summed E-state index contributed by atoms with van der Waals surface area (Å²) >= 11 is 2.72. The SMILES string of the molecule is Cc1nc(SCc2cn3ccccc3n2)sc1C(=O)O. The highest BCUT2D eigenvalue weighted by molar-refractivity contribution is 8.00. The van der Waals surface area contributed by atoms with E-state index in [0.29, 0.717) is 16.3 Å². The van der Waals surface area contributed by atoms with Crippen molar-refractivity contribution in [1.29, 1.82) is 0 Å². The average Bonchev–Trinajstić information content (AvgIpc) is 2.99. The van der Waals surface area contributed by atoms with Crippen molar-refractivity contribution >= 4 is 34.7 Å². The summed E-state index contributed by atoms with van der Waals surface area (Å²) in [6.45, 7) is 1.72. The van der Waals surface area contributed by atoms with Gasteiger partial charge in [-0.3, -0.25) is 0 Å². The van der Waals surface area contributed by atoms with Crippen molar-refractivity contribution in [2.75, 3.05) is 0 Å². The molecule has 5 nitrogen and oxygen atoms in total. The number of rotatable bonds is 4. The van der Waals surface area contributed by atoms with Gasteiger partial charge in [-0.1, -0.05) is 17.8 Å². The first-order chi connectivity index (χ1) is 9.63. The molecule has 0 aliphatic heterocycles. The van der Waals surface area contributed by atoms with Crippen LogP contribution in [0.25, 0.3) is 5.65 Å². The fourth-order valence-electron chi connectivity index (χ4n) is 1.82. The lowest BCUT2D eigenvalue weighted by atomic mass is 10.4. The van der Waals surface area contributed by atoms with Gasteiger partial charge in [0.15, 0.2) is 4.34 Å². The molecule has 3 aromatic heterocycles. The van der Waals surface area contributed by atoms with E-state index in [1.165, 1.54) is 23.1 Å². The van der Waals surface area contributed by atoms with Crippen molar-refractivity contribution in [3.63, 3.8) is 0 Å². The molecule has 0 aromatic carbocycles. The Morgan fingerprint density at radius 2 is 2.30 bits per heavy atom. The lowest BCUT2D eigenvalue weighted by Crippen LogP contribution is -1.94. The molecule has 3 heterocycles. The molecule has 20 heavy (non-hydrogen) atoms. The third kappa shape index (κ3) is 2.54. The minimum absolute atomic E-state index is 0.308. The largest absolute Gasteiger partial charge is 0.477 e. The summed E-state index contributed by atoms with van der Waals surface area (Å²) in [7, 11) is 0. The van der Waals surface area contributed by atoms with Gasteiger partial charge in [0.2, 0.25) is 0 Å². The molecule has 0 aliphatic carbocycles. The number of aryl methyl sites for hydroxylation is 1. The first-order valence-electron chi connectivity index (χ1n) is 5.89. The molecule has 0 fully saturated rings. The van der Waals surface area contributed by atoms with Gasteiger partial charge in [0.1, 0.15) is 10.5 Å². The topological polar surface area (TPSA) is 67.5 Å². The number of hydrogen-bond donors (Lipinski definition) is 1. The highest BCUT2D eigenvalue weighted by atomic mass is 32.2. The third-order valence-corrected chi connectivity index (χ3v) is 5.05. The molecule has 3 aromatic rings. The number of fused-ring (bicyclic) bond motifs is 1. The fraction of sp³-hybridized carbons (Fsp3) is 0.154.